The summed E-state index contributed by atoms with van der Waals surface area (Å²) >= 11 is 0. The highest BCUT2D eigenvalue weighted by Crippen LogP contribution is 2.36. The fraction of sp³-hybridized carbons (Fsp3) is 0.250. The van der Waals surface area contributed by atoms with Crippen LogP contribution < -0.4 is 4.74 Å². The van der Waals surface area contributed by atoms with Crippen LogP contribution in [0.3, 0.4) is 0 Å². The predicted octanol–water partition coefficient (Wildman–Crippen LogP) is 4.40. The smallest absolute Gasteiger partial charge is 0.307 e. The number of carboxylic acids is 1. The average Bonchev–Trinajstić information content (AvgIpc) is 2.86. The van der Waals surface area contributed by atoms with Crippen LogP contribution in [-0.2, 0) is 11.2 Å². The zero-order chi connectivity index (χ0) is 17.4. The first-order valence-corrected chi connectivity index (χ1v) is 7.89. The molecule has 0 aliphatic carbocycles. The van der Waals surface area contributed by atoms with E-state index in [-0.39, 0.29) is 6.42 Å². The largest absolute Gasteiger partial charge is 0.497 e. The first-order valence-electron chi connectivity index (χ1n) is 7.89. The van der Waals surface area contributed by atoms with Crippen molar-refractivity contribution >= 4 is 16.9 Å². The molecule has 0 unspecified atom stereocenters. The molecule has 0 aliphatic heterocycles. The Hall–Kier alpha value is -2.75. The van der Waals surface area contributed by atoms with Gasteiger partial charge in [-0.05, 0) is 49.6 Å². The van der Waals surface area contributed by atoms with E-state index in [0.29, 0.717) is 0 Å². The Bertz CT molecular complexity index is 938. The van der Waals surface area contributed by atoms with E-state index in [1.54, 1.807) is 7.11 Å². The molecule has 24 heavy (non-hydrogen) atoms. The lowest BCUT2D eigenvalue weighted by Crippen LogP contribution is -2.01. The molecule has 0 radical (unpaired) electrons. The molecule has 0 amide bonds. The first kappa shape index (κ1) is 16.1. The molecule has 0 fully saturated rings. The molecule has 0 spiro atoms. The number of methoxy groups -OCH3 is 1. The van der Waals surface area contributed by atoms with Crippen molar-refractivity contribution in [3.8, 4) is 17.0 Å². The van der Waals surface area contributed by atoms with Crippen molar-refractivity contribution in [2.75, 3.05) is 7.11 Å². The summed E-state index contributed by atoms with van der Waals surface area (Å²) in [5, 5.41) is 10.3. The van der Waals surface area contributed by atoms with Gasteiger partial charge in [0, 0.05) is 16.5 Å². The maximum atomic E-state index is 11.4. The standard InChI is InChI=1S/C20H21NO3/c1-11-5-6-15(12(2)7-11)20-17(10-18(22)23)16-9-14(24-4)8-13(3)19(16)21-20/h5-9,21H,10H2,1-4H3,(H,22,23). The molecule has 0 saturated heterocycles. The van der Waals surface area contributed by atoms with Gasteiger partial charge in [0.15, 0.2) is 0 Å². The summed E-state index contributed by atoms with van der Waals surface area (Å²) in [5.41, 5.74) is 7.01. The zero-order valence-corrected chi connectivity index (χ0v) is 14.4. The predicted molar refractivity (Wildman–Crippen MR) is 95.8 cm³/mol. The summed E-state index contributed by atoms with van der Waals surface area (Å²) in [6, 6.07) is 10.1. The monoisotopic (exact) mass is 323 g/mol. The maximum absolute atomic E-state index is 11.4. The number of H-pyrrole nitrogens is 1. The van der Waals surface area contributed by atoms with Crippen LogP contribution in [0.25, 0.3) is 22.2 Å². The molecule has 1 heterocycles. The van der Waals surface area contributed by atoms with Crippen LogP contribution in [0.1, 0.15) is 22.3 Å². The normalized spacial score (nSPS) is 11.0. The fourth-order valence-electron chi connectivity index (χ4n) is 3.27. The van der Waals surface area contributed by atoms with E-state index in [1.807, 2.05) is 38.1 Å². The van der Waals surface area contributed by atoms with E-state index in [9.17, 15) is 9.90 Å². The van der Waals surface area contributed by atoms with Gasteiger partial charge >= 0.3 is 5.97 Å². The lowest BCUT2D eigenvalue weighted by molar-refractivity contribution is -0.136. The Morgan fingerprint density at radius 2 is 1.88 bits per heavy atom. The molecule has 0 saturated carbocycles. The van der Waals surface area contributed by atoms with Crippen molar-refractivity contribution in [2.45, 2.75) is 27.2 Å². The number of carbonyl (C=O) groups is 1. The van der Waals surface area contributed by atoms with E-state index in [0.717, 1.165) is 44.6 Å². The Balaban J connectivity index is 2.34. The molecule has 0 atom stereocenters. The second-order valence-corrected chi connectivity index (χ2v) is 6.23. The third kappa shape index (κ3) is 2.75. The molecule has 3 aromatic rings. The summed E-state index contributed by atoms with van der Waals surface area (Å²) in [6.45, 7) is 6.10. The van der Waals surface area contributed by atoms with Crippen molar-refractivity contribution < 1.29 is 14.6 Å². The van der Waals surface area contributed by atoms with Gasteiger partial charge in [-0.1, -0.05) is 23.8 Å². The van der Waals surface area contributed by atoms with Gasteiger partial charge in [0.05, 0.1) is 19.2 Å². The van der Waals surface area contributed by atoms with Crippen LogP contribution in [0.5, 0.6) is 5.75 Å². The fourth-order valence-corrected chi connectivity index (χ4v) is 3.27. The van der Waals surface area contributed by atoms with Gasteiger partial charge in [-0.3, -0.25) is 4.79 Å². The van der Waals surface area contributed by atoms with E-state index in [2.05, 4.69) is 18.0 Å². The van der Waals surface area contributed by atoms with E-state index < -0.39 is 5.97 Å². The number of benzene rings is 2. The minimum Gasteiger partial charge on any atom is -0.497 e. The highest BCUT2D eigenvalue weighted by molar-refractivity contribution is 5.96. The second kappa shape index (κ2) is 6.04. The van der Waals surface area contributed by atoms with Crippen molar-refractivity contribution in [1.29, 1.82) is 0 Å². The molecule has 4 heteroatoms. The number of carboxylic acid groups (broad SMARTS) is 1. The molecule has 2 N–H and O–H groups in total. The Morgan fingerprint density at radius 3 is 2.50 bits per heavy atom. The van der Waals surface area contributed by atoms with Gasteiger partial charge in [-0.25, -0.2) is 0 Å². The number of nitrogens with one attached hydrogen (secondary N) is 1. The summed E-state index contributed by atoms with van der Waals surface area (Å²) < 4.78 is 5.36. The van der Waals surface area contributed by atoms with Crippen LogP contribution in [0.4, 0.5) is 0 Å². The maximum Gasteiger partial charge on any atom is 0.307 e. The third-order valence-electron chi connectivity index (χ3n) is 4.40. The van der Waals surface area contributed by atoms with Crippen LogP contribution in [-0.4, -0.2) is 23.2 Å². The summed E-state index contributed by atoms with van der Waals surface area (Å²) in [6.07, 6.45) is -0.0325. The van der Waals surface area contributed by atoms with Crippen molar-refractivity contribution in [2.24, 2.45) is 0 Å². The number of hydrogen-bond acceptors (Lipinski definition) is 2. The molecular formula is C20H21NO3. The van der Waals surface area contributed by atoms with E-state index in [1.165, 1.54) is 5.56 Å². The molecule has 4 nitrogen and oxygen atoms in total. The molecular weight excluding hydrogens is 302 g/mol. The van der Waals surface area contributed by atoms with Gasteiger partial charge in [0.1, 0.15) is 5.75 Å². The number of aliphatic carboxylic acids is 1. The molecule has 2 aromatic carbocycles. The van der Waals surface area contributed by atoms with Crippen molar-refractivity contribution in [3.63, 3.8) is 0 Å². The number of aromatic amines is 1. The van der Waals surface area contributed by atoms with E-state index in [4.69, 9.17) is 4.74 Å². The first-order chi connectivity index (χ1) is 11.4. The number of aryl methyl sites for hydroxylation is 3. The van der Waals surface area contributed by atoms with Gasteiger partial charge in [0.2, 0.25) is 0 Å². The van der Waals surface area contributed by atoms with Gasteiger partial charge in [-0.15, -0.1) is 0 Å². The minimum atomic E-state index is -0.845. The van der Waals surface area contributed by atoms with Crippen LogP contribution in [0.2, 0.25) is 0 Å². The van der Waals surface area contributed by atoms with Crippen molar-refractivity contribution in [3.05, 3.63) is 52.6 Å². The minimum absolute atomic E-state index is 0.0325. The lowest BCUT2D eigenvalue weighted by Gasteiger charge is -2.08. The summed E-state index contributed by atoms with van der Waals surface area (Å²) in [7, 11) is 1.62. The van der Waals surface area contributed by atoms with Crippen LogP contribution in [0.15, 0.2) is 30.3 Å². The molecule has 0 bridgehead atoms. The zero-order valence-electron chi connectivity index (χ0n) is 14.4. The average molecular weight is 323 g/mol. The Labute approximate surface area is 141 Å². The molecule has 124 valence electrons. The van der Waals surface area contributed by atoms with E-state index >= 15 is 0 Å². The molecule has 1 aromatic heterocycles. The number of hydrogen-bond donors (Lipinski definition) is 2. The topological polar surface area (TPSA) is 62.3 Å². The van der Waals surface area contributed by atoms with Crippen molar-refractivity contribution in [1.82, 2.24) is 4.98 Å². The van der Waals surface area contributed by atoms with Gasteiger partial charge < -0.3 is 14.8 Å². The van der Waals surface area contributed by atoms with Gasteiger partial charge in [0.25, 0.3) is 0 Å². The molecule has 3 rings (SSSR count). The summed E-state index contributed by atoms with van der Waals surface area (Å²) in [5.74, 6) is -0.111. The highest BCUT2D eigenvalue weighted by atomic mass is 16.5. The lowest BCUT2D eigenvalue weighted by atomic mass is 9.97. The Morgan fingerprint density at radius 1 is 1.12 bits per heavy atom. The number of rotatable bonds is 4. The quantitative estimate of drug-likeness (QED) is 0.748. The number of ether oxygens (including phenoxy) is 1. The summed E-state index contributed by atoms with van der Waals surface area (Å²) in [4.78, 5) is 14.9. The van der Waals surface area contributed by atoms with Crippen LogP contribution >= 0.6 is 0 Å². The number of aromatic nitrogens is 1. The highest BCUT2D eigenvalue weighted by Gasteiger charge is 2.19. The Kier molecular flexibility index (Phi) is 4.06. The number of fused-ring (bicyclic) bond motifs is 1. The third-order valence-corrected chi connectivity index (χ3v) is 4.40. The van der Waals surface area contributed by atoms with Crippen LogP contribution in [0, 0.1) is 20.8 Å². The van der Waals surface area contributed by atoms with Gasteiger partial charge in [-0.2, -0.15) is 0 Å². The molecule has 0 aliphatic rings. The second-order valence-electron chi connectivity index (χ2n) is 6.23. The SMILES string of the molecule is COc1cc(C)c2[nH]c(-c3ccc(C)cc3C)c(CC(=O)O)c2c1.